The molecule has 0 spiro atoms. The summed E-state index contributed by atoms with van der Waals surface area (Å²) in [5, 5.41) is 0. The Kier molecular flexibility index (Phi) is 3.75. The minimum atomic E-state index is 1.09. The predicted octanol–water partition coefficient (Wildman–Crippen LogP) is 4.43. The van der Waals surface area contributed by atoms with Gasteiger partial charge in [-0.2, -0.15) is 0 Å². The number of benzene rings is 2. The molecule has 0 amide bonds. The maximum atomic E-state index is 4.25. The lowest BCUT2D eigenvalue weighted by Crippen LogP contribution is -2.08. The van der Waals surface area contributed by atoms with Gasteiger partial charge in [-0.25, -0.2) is 0 Å². The quantitative estimate of drug-likeness (QED) is 0.780. The Hall–Kier alpha value is -2.02. The van der Waals surface area contributed by atoms with Gasteiger partial charge in [0.1, 0.15) is 0 Å². The van der Waals surface area contributed by atoms with Crippen molar-refractivity contribution >= 4 is 11.3 Å². The fraction of sp³-hybridized carbons (Fsp3) is 0.222. The van der Waals surface area contributed by atoms with Gasteiger partial charge >= 0.3 is 0 Å². The molecule has 98 valence electrons. The lowest BCUT2D eigenvalue weighted by Gasteiger charge is -2.16. The molecule has 0 aromatic heterocycles. The fourth-order valence-corrected chi connectivity index (χ4v) is 2.17. The van der Waals surface area contributed by atoms with Gasteiger partial charge < -0.3 is 4.90 Å². The van der Waals surface area contributed by atoms with E-state index in [-0.39, 0.29) is 0 Å². The third-order valence-electron chi connectivity index (χ3n) is 3.45. The van der Waals surface area contributed by atoms with E-state index in [4.69, 9.17) is 0 Å². The van der Waals surface area contributed by atoms with E-state index in [2.05, 4.69) is 81.9 Å². The summed E-state index contributed by atoms with van der Waals surface area (Å²) in [7, 11) is 4.12. The van der Waals surface area contributed by atoms with Crippen LogP contribution in [0.4, 0.5) is 5.69 Å². The maximum absolute atomic E-state index is 4.25. The van der Waals surface area contributed by atoms with Crippen LogP contribution in [0.3, 0.4) is 0 Å². The molecule has 1 heteroatoms. The standard InChI is InChI=1S/C18H21N/c1-13-6-8-16(9-7-13)15(3)18-11-10-17(19(4)5)12-14(18)2/h6-12H,3H2,1-2,4-5H3. The molecular formula is C18H21N. The molecule has 0 aliphatic heterocycles. The molecule has 19 heavy (non-hydrogen) atoms. The van der Waals surface area contributed by atoms with E-state index < -0.39 is 0 Å². The average molecular weight is 251 g/mol. The van der Waals surface area contributed by atoms with Crippen molar-refractivity contribution in [2.45, 2.75) is 13.8 Å². The lowest BCUT2D eigenvalue weighted by atomic mass is 9.95. The first-order chi connectivity index (χ1) is 8.99. The summed E-state index contributed by atoms with van der Waals surface area (Å²) < 4.78 is 0. The molecule has 0 N–H and O–H groups in total. The van der Waals surface area contributed by atoms with Crippen molar-refractivity contribution in [3.8, 4) is 0 Å². The number of anilines is 1. The summed E-state index contributed by atoms with van der Waals surface area (Å²) in [5.41, 5.74) is 7.24. The molecular weight excluding hydrogens is 230 g/mol. The third kappa shape index (κ3) is 2.87. The van der Waals surface area contributed by atoms with Crippen LogP contribution < -0.4 is 4.90 Å². The van der Waals surface area contributed by atoms with Gasteiger partial charge in [-0.15, -0.1) is 0 Å². The van der Waals surface area contributed by atoms with Crippen molar-refractivity contribution in [2.75, 3.05) is 19.0 Å². The van der Waals surface area contributed by atoms with Crippen molar-refractivity contribution in [3.05, 3.63) is 71.3 Å². The first-order valence-corrected chi connectivity index (χ1v) is 6.53. The Bertz CT molecular complexity index is 592. The Labute approximate surface area is 116 Å². The highest BCUT2D eigenvalue weighted by Crippen LogP contribution is 2.27. The summed E-state index contributed by atoms with van der Waals surface area (Å²) in [5.74, 6) is 0. The van der Waals surface area contributed by atoms with Gasteiger partial charge in [0.2, 0.25) is 0 Å². The molecule has 0 aliphatic rings. The van der Waals surface area contributed by atoms with E-state index in [1.54, 1.807) is 0 Å². The highest BCUT2D eigenvalue weighted by Gasteiger charge is 2.07. The van der Waals surface area contributed by atoms with Crippen LogP contribution in [0.25, 0.3) is 5.57 Å². The minimum Gasteiger partial charge on any atom is -0.378 e. The summed E-state index contributed by atoms with van der Waals surface area (Å²) in [6.07, 6.45) is 0. The fourth-order valence-electron chi connectivity index (χ4n) is 2.17. The molecule has 0 saturated carbocycles. The van der Waals surface area contributed by atoms with Crippen LogP contribution in [0.2, 0.25) is 0 Å². The smallest absolute Gasteiger partial charge is 0.0364 e. The van der Waals surface area contributed by atoms with E-state index in [0.29, 0.717) is 0 Å². The normalized spacial score (nSPS) is 10.3. The van der Waals surface area contributed by atoms with E-state index in [1.807, 2.05) is 0 Å². The first-order valence-electron chi connectivity index (χ1n) is 6.53. The van der Waals surface area contributed by atoms with Gasteiger partial charge in [-0.05, 0) is 48.2 Å². The van der Waals surface area contributed by atoms with Crippen LogP contribution in [0.15, 0.2) is 49.0 Å². The molecule has 0 unspecified atom stereocenters. The average Bonchev–Trinajstić information content (AvgIpc) is 2.38. The number of aryl methyl sites for hydroxylation is 2. The number of hydrogen-bond acceptors (Lipinski definition) is 1. The summed E-state index contributed by atoms with van der Waals surface area (Å²) in [6, 6.07) is 15.0. The predicted molar refractivity (Wildman–Crippen MR) is 84.8 cm³/mol. The second-order valence-corrected chi connectivity index (χ2v) is 5.24. The van der Waals surface area contributed by atoms with Gasteiger partial charge in [0, 0.05) is 19.8 Å². The van der Waals surface area contributed by atoms with Gasteiger partial charge in [-0.3, -0.25) is 0 Å². The van der Waals surface area contributed by atoms with Crippen LogP contribution in [-0.2, 0) is 0 Å². The zero-order valence-electron chi connectivity index (χ0n) is 12.2. The van der Waals surface area contributed by atoms with E-state index in [0.717, 1.165) is 5.57 Å². The van der Waals surface area contributed by atoms with Gasteiger partial charge in [0.05, 0.1) is 0 Å². The zero-order chi connectivity index (χ0) is 14.0. The van der Waals surface area contributed by atoms with Crippen LogP contribution in [0.5, 0.6) is 0 Å². The topological polar surface area (TPSA) is 3.24 Å². The SMILES string of the molecule is C=C(c1ccc(C)cc1)c1ccc(N(C)C)cc1C. The molecule has 0 saturated heterocycles. The number of nitrogens with zero attached hydrogens (tertiary/aromatic N) is 1. The summed E-state index contributed by atoms with van der Waals surface area (Å²) >= 11 is 0. The molecule has 2 aromatic carbocycles. The van der Waals surface area contributed by atoms with Crippen molar-refractivity contribution in [2.24, 2.45) is 0 Å². The summed E-state index contributed by atoms with van der Waals surface area (Å²) in [4.78, 5) is 2.12. The van der Waals surface area contributed by atoms with E-state index >= 15 is 0 Å². The summed E-state index contributed by atoms with van der Waals surface area (Å²) in [6.45, 7) is 8.49. The Morgan fingerprint density at radius 1 is 0.947 bits per heavy atom. The molecule has 0 fully saturated rings. The second-order valence-electron chi connectivity index (χ2n) is 5.24. The number of rotatable bonds is 3. The highest BCUT2D eigenvalue weighted by molar-refractivity contribution is 5.80. The van der Waals surface area contributed by atoms with Gasteiger partial charge in [0.15, 0.2) is 0 Å². The first kappa shape index (κ1) is 13.4. The molecule has 2 aromatic rings. The van der Waals surface area contributed by atoms with Crippen LogP contribution in [0.1, 0.15) is 22.3 Å². The number of hydrogen-bond donors (Lipinski definition) is 0. The zero-order valence-corrected chi connectivity index (χ0v) is 12.2. The Balaban J connectivity index is 2.36. The van der Waals surface area contributed by atoms with Crippen LogP contribution in [0, 0.1) is 13.8 Å². The molecule has 0 radical (unpaired) electrons. The highest BCUT2D eigenvalue weighted by atomic mass is 15.1. The maximum Gasteiger partial charge on any atom is 0.0364 e. The molecule has 0 bridgehead atoms. The Morgan fingerprint density at radius 2 is 1.58 bits per heavy atom. The van der Waals surface area contributed by atoms with Crippen molar-refractivity contribution in [1.82, 2.24) is 0 Å². The largest absolute Gasteiger partial charge is 0.378 e. The molecule has 2 rings (SSSR count). The molecule has 1 nitrogen and oxygen atoms in total. The van der Waals surface area contributed by atoms with E-state index in [1.165, 1.54) is 27.9 Å². The second kappa shape index (κ2) is 5.31. The van der Waals surface area contributed by atoms with Crippen molar-refractivity contribution in [3.63, 3.8) is 0 Å². The van der Waals surface area contributed by atoms with Crippen molar-refractivity contribution in [1.29, 1.82) is 0 Å². The van der Waals surface area contributed by atoms with Crippen molar-refractivity contribution < 1.29 is 0 Å². The van der Waals surface area contributed by atoms with Crippen LogP contribution in [-0.4, -0.2) is 14.1 Å². The van der Waals surface area contributed by atoms with Gasteiger partial charge in [-0.1, -0.05) is 42.5 Å². The van der Waals surface area contributed by atoms with Crippen LogP contribution >= 0.6 is 0 Å². The van der Waals surface area contributed by atoms with Gasteiger partial charge in [0.25, 0.3) is 0 Å². The molecule has 0 atom stereocenters. The van der Waals surface area contributed by atoms with E-state index in [9.17, 15) is 0 Å². The minimum absolute atomic E-state index is 1.09. The lowest BCUT2D eigenvalue weighted by molar-refractivity contribution is 1.13. The Morgan fingerprint density at radius 3 is 2.11 bits per heavy atom. The monoisotopic (exact) mass is 251 g/mol. The third-order valence-corrected chi connectivity index (χ3v) is 3.45. The molecule has 0 aliphatic carbocycles. The molecule has 0 heterocycles.